The van der Waals surface area contributed by atoms with Gasteiger partial charge in [-0.25, -0.2) is 9.59 Å². The zero-order chi connectivity index (χ0) is 20.9. The highest BCUT2D eigenvalue weighted by Crippen LogP contribution is 2.30. The molecular weight excluding hydrogens is 362 g/mol. The average Bonchev–Trinajstić information content (AvgIpc) is 2.59. The van der Waals surface area contributed by atoms with E-state index in [4.69, 9.17) is 19.9 Å². The molecule has 1 fully saturated rings. The van der Waals surface area contributed by atoms with Crippen molar-refractivity contribution in [3.8, 4) is 5.75 Å². The Morgan fingerprint density at radius 1 is 1.25 bits per heavy atom. The molecule has 8 nitrogen and oxygen atoms in total. The van der Waals surface area contributed by atoms with Gasteiger partial charge in [-0.15, -0.1) is 0 Å². The molecule has 0 aliphatic carbocycles. The fraction of sp³-hybridized carbons (Fsp3) is 0.600. The Labute approximate surface area is 166 Å². The van der Waals surface area contributed by atoms with Gasteiger partial charge in [0.25, 0.3) is 0 Å². The molecule has 156 valence electrons. The summed E-state index contributed by atoms with van der Waals surface area (Å²) < 4.78 is 15.7. The molecule has 2 rings (SSSR count). The van der Waals surface area contributed by atoms with Crippen LogP contribution in [0.5, 0.6) is 5.75 Å². The summed E-state index contributed by atoms with van der Waals surface area (Å²) in [4.78, 5) is 27.6. The number of rotatable bonds is 5. The SMILES string of the molecule is CCOC(=O)COc1ccc(N2CCN(C(=O)OC(C)(C)C)C[C@@H]2C)c(N)c1. The van der Waals surface area contributed by atoms with Crippen LogP contribution in [0.3, 0.4) is 0 Å². The Morgan fingerprint density at radius 2 is 1.96 bits per heavy atom. The molecule has 0 unspecified atom stereocenters. The minimum Gasteiger partial charge on any atom is -0.482 e. The number of carbonyl (C=O) groups excluding carboxylic acids is 2. The number of esters is 1. The summed E-state index contributed by atoms with van der Waals surface area (Å²) >= 11 is 0. The summed E-state index contributed by atoms with van der Waals surface area (Å²) in [7, 11) is 0. The zero-order valence-electron chi connectivity index (χ0n) is 17.4. The number of benzene rings is 1. The van der Waals surface area contributed by atoms with E-state index in [1.54, 1.807) is 24.0 Å². The highest BCUT2D eigenvalue weighted by molar-refractivity contribution is 5.73. The molecule has 8 heteroatoms. The van der Waals surface area contributed by atoms with Crippen molar-refractivity contribution < 1.29 is 23.8 Å². The van der Waals surface area contributed by atoms with Gasteiger partial charge in [-0.1, -0.05) is 0 Å². The lowest BCUT2D eigenvalue weighted by molar-refractivity contribution is -0.145. The summed E-state index contributed by atoms with van der Waals surface area (Å²) in [5.41, 5.74) is 7.13. The highest BCUT2D eigenvalue weighted by Gasteiger charge is 2.30. The molecule has 1 atom stereocenters. The second-order valence-corrected chi connectivity index (χ2v) is 7.78. The Hall–Kier alpha value is -2.64. The zero-order valence-corrected chi connectivity index (χ0v) is 17.4. The molecule has 0 radical (unpaired) electrons. The van der Waals surface area contributed by atoms with Crippen LogP contribution in [0, 0.1) is 0 Å². The van der Waals surface area contributed by atoms with Crippen molar-refractivity contribution in [2.24, 2.45) is 0 Å². The van der Waals surface area contributed by atoms with E-state index in [1.807, 2.05) is 33.8 Å². The van der Waals surface area contributed by atoms with E-state index in [9.17, 15) is 9.59 Å². The number of ether oxygens (including phenoxy) is 3. The molecule has 1 heterocycles. The Bertz CT molecular complexity index is 702. The summed E-state index contributed by atoms with van der Waals surface area (Å²) in [5, 5.41) is 0. The summed E-state index contributed by atoms with van der Waals surface area (Å²) in [6.45, 7) is 11.3. The van der Waals surface area contributed by atoms with Gasteiger partial charge in [0, 0.05) is 31.7 Å². The predicted molar refractivity (Wildman–Crippen MR) is 108 cm³/mol. The van der Waals surface area contributed by atoms with Crippen LogP contribution in [0.2, 0.25) is 0 Å². The summed E-state index contributed by atoms with van der Waals surface area (Å²) in [5.74, 6) is 0.0892. The topological polar surface area (TPSA) is 94.3 Å². The number of hydrogen-bond donors (Lipinski definition) is 1. The van der Waals surface area contributed by atoms with Crippen molar-refractivity contribution in [1.29, 1.82) is 0 Å². The highest BCUT2D eigenvalue weighted by atomic mass is 16.6. The first-order chi connectivity index (χ1) is 13.1. The normalized spacial score (nSPS) is 17.2. The third-order valence-electron chi connectivity index (χ3n) is 4.25. The maximum atomic E-state index is 12.3. The fourth-order valence-electron chi connectivity index (χ4n) is 3.04. The van der Waals surface area contributed by atoms with Crippen LogP contribution >= 0.6 is 0 Å². The molecule has 1 aromatic carbocycles. The minimum atomic E-state index is -0.513. The van der Waals surface area contributed by atoms with Gasteiger partial charge in [0.05, 0.1) is 18.0 Å². The molecule has 1 aliphatic heterocycles. The Morgan fingerprint density at radius 3 is 2.54 bits per heavy atom. The van der Waals surface area contributed by atoms with Gasteiger partial charge in [0.15, 0.2) is 6.61 Å². The number of carbonyl (C=O) groups is 2. The third-order valence-corrected chi connectivity index (χ3v) is 4.25. The Balaban J connectivity index is 1.98. The van der Waals surface area contributed by atoms with E-state index in [2.05, 4.69) is 4.90 Å². The molecule has 2 N–H and O–H groups in total. The molecular formula is C20H31N3O5. The van der Waals surface area contributed by atoms with Crippen LogP contribution in [0.15, 0.2) is 18.2 Å². The summed E-state index contributed by atoms with van der Waals surface area (Å²) in [6.07, 6.45) is -0.297. The molecule has 0 bridgehead atoms. The first kappa shape index (κ1) is 21.7. The molecule has 1 saturated heterocycles. The maximum absolute atomic E-state index is 12.3. The monoisotopic (exact) mass is 393 g/mol. The molecule has 0 spiro atoms. The maximum Gasteiger partial charge on any atom is 0.410 e. The predicted octanol–water partition coefficient (Wildman–Crippen LogP) is 2.66. The molecule has 1 aromatic rings. The largest absolute Gasteiger partial charge is 0.482 e. The van der Waals surface area contributed by atoms with Crippen molar-refractivity contribution in [3.05, 3.63) is 18.2 Å². The lowest BCUT2D eigenvalue weighted by Gasteiger charge is -2.41. The van der Waals surface area contributed by atoms with Gasteiger partial charge in [-0.3, -0.25) is 0 Å². The number of amides is 1. The van der Waals surface area contributed by atoms with E-state index in [0.717, 1.165) is 5.69 Å². The molecule has 0 aromatic heterocycles. The van der Waals surface area contributed by atoms with Crippen LogP contribution in [-0.2, 0) is 14.3 Å². The molecule has 0 saturated carbocycles. The summed E-state index contributed by atoms with van der Waals surface area (Å²) in [6, 6.07) is 5.42. The van der Waals surface area contributed by atoms with Crippen molar-refractivity contribution in [2.45, 2.75) is 46.3 Å². The van der Waals surface area contributed by atoms with Gasteiger partial charge < -0.3 is 29.7 Å². The van der Waals surface area contributed by atoms with Gasteiger partial charge in [0.2, 0.25) is 0 Å². The smallest absolute Gasteiger partial charge is 0.410 e. The van der Waals surface area contributed by atoms with Gasteiger partial charge in [0.1, 0.15) is 11.4 Å². The van der Waals surface area contributed by atoms with Crippen LogP contribution in [0.25, 0.3) is 0 Å². The quantitative estimate of drug-likeness (QED) is 0.607. The second-order valence-electron chi connectivity index (χ2n) is 7.78. The van der Waals surface area contributed by atoms with Crippen LogP contribution in [0.4, 0.5) is 16.2 Å². The van der Waals surface area contributed by atoms with Crippen molar-refractivity contribution in [3.63, 3.8) is 0 Å². The van der Waals surface area contributed by atoms with E-state index in [1.165, 1.54) is 0 Å². The van der Waals surface area contributed by atoms with Crippen molar-refractivity contribution >= 4 is 23.4 Å². The Kier molecular flexibility index (Phi) is 6.99. The van der Waals surface area contributed by atoms with Gasteiger partial charge in [-0.05, 0) is 46.8 Å². The van der Waals surface area contributed by atoms with Gasteiger partial charge in [-0.2, -0.15) is 0 Å². The van der Waals surface area contributed by atoms with Crippen molar-refractivity contribution in [2.75, 3.05) is 43.5 Å². The van der Waals surface area contributed by atoms with Gasteiger partial charge >= 0.3 is 12.1 Å². The minimum absolute atomic E-state index is 0.0786. The number of hydrogen-bond acceptors (Lipinski definition) is 7. The molecule has 1 aliphatic rings. The number of nitrogen functional groups attached to an aromatic ring is 1. The second kappa shape index (κ2) is 9.03. The number of anilines is 2. The lowest BCUT2D eigenvalue weighted by Crippen LogP contribution is -2.54. The first-order valence-corrected chi connectivity index (χ1v) is 9.53. The van der Waals surface area contributed by atoms with E-state index in [-0.39, 0.29) is 18.7 Å². The number of nitrogens with zero attached hydrogens (tertiary/aromatic N) is 2. The molecule has 1 amide bonds. The van der Waals surface area contributed by atoms with Crippen LogP contribution in [0.1, 0.15) is 34.6 Å². The lowest BCUT2D eigenvalue weighted by atomic mass is 10.1. The number of piperazine rings is 1. The van der Waals surface area contributed by atoms with Crippen LogP contribution in [-0.4, -0.2) is 61.5 Å². The third kappa shape index (κ3) is 5.94. The van der Waals surface area contributed by atoms with Crippen molar-refractivity contribution in [1.82, 2.24) is 4.90 Å². The average molecular weight is 393 g/mol. The standard InChI is InChI=1S/C20H31N3O5/c1-6-26-18(24)13-27-15-7-8-17(16(21)11-15)23-10-9-22(12-14(23)2)19(25)28-20(3,4)5/h7-8,11,14H,6,9-10,12-13,21H2,1-5H3/t14-/m0/s1. The van der Waals surface area contributed by atoms with E-state index >= 15 is 0 Å². The molecule has 28 heavy (non-hydrogen) atoms. The fourth-order valence-corrected chi connectivity index (χ4v) is 3.04. The van der Waals surface area contributed by atoms with Crippen LogP contribution < -0.4 is 15.4 Å². The number of nitrogens with two attached hydrogens (primary N) is 1. The first-order valence-electron chi connectivity index (χ1n) is 9.53. The van der Waals surface area contributed by atoms with E-state index in [0.29, 0.717) is 37.7 Å². The van der Waals surface area contributed by atoms with E-state index < -0.39 is 11.6 Å².